The Balaban J connectivity index is 1.30. The maximum Gasteiger partial charge on any atom is 0.407 e. The van der Waals surface area contributed by atoms with Gasteiger partial charge in [0, 0.05) is 42.5 Å². The normalized spacial score (nSPS) is 21.7. The van der Waals surface area contributed by atoms with E-state index >= 15 is 0 Å². The lowest BCUT2D eigenvalue weighted by Gasteiger charge is -2.36. The first-order chi connectivity index (χ1) is 22.4. The number of methoxy groups -OCH3 is 1. The van der Waals surface area contributed by atoms with Gasteiger partial charge in [0.25, 0.3) is 0 Å². The molecule has 9 heteroatoms. The summed E-state index contributed by atoms with van der Waals surface area (Å²) in [6, 6.07) is 10.9. The second kappa shape index (κ2) is 14.9. The van der Waals surface area contributed by atoms with Gasteiger partial charge in [-0.2, -0.15) is 5.10 Å². The van der Waals surface area contributed by atoms with Gasteiger partial charge in [-0.15, -0.1) is 0 Å². The minimum absolute atomic E-state index is 0.0122. The molecule has 2 aliphatic carbocycles. The molecular formula is C38H53N5O4. The first kappa shape index (κ1) is 34.5. The van der Waals surface area contributed by atoms with Gasteiger partial charge >= 0.3 is 6.09 Å². The summed E-state index contributed by atoms with van der Waals surface area (Å²) in [5.74, 6) is 2.57. The molecule has 0 radical (unpaired) electrons. The maximum absolute atomic E-state index is 14.4. The van der Waals surface area contributed by atoms with Crippen molar-refractivity contribution in [2.75, 3.05) is 18.6 Å². The molecule has 0 unspecified atom stereocenters. The molecule has 2 aliphatic rings. The van der Waals surface area contributed by atoms with Gasteiger partial charge in [-0.3, -0.25) is 14.4 Å². The number of aromatic nitrogens is 3. The van der Waals surface area contributed by atoms with E-state index in [0.717, 1.165) is 68.2 Å². The lowest BCUT2D eigenvalue weighted by atomic mass is 9.78. The molecule has 254 valence electrons. The number of carbonyl (C=O) groups excluding carboxylic acids is 2. The summed E-state index contributed by atoms with van der Waals surface area (Å²) in [6.07, 6.45) is 12.6. The van der Waals surface area contributed by atoms with Crippen LogP contribution >= 0.6 is 0 Å². The minimum Gasteiger partial charge on any atom is -0.496 e. The van der Waals surface area contributed by atoms with Gasteiger partial charge in [-0.05, 0) is 140 Å². The molecule has 0 spiro atoms. The predicted molar refractivity (Wildman–Crippen MR) is 186 cm³/mol. The van der Waals surface area contributed by atoms with Crippen LogP contribution in [0.2, 0.25) is 0 Å². The van der Waals surface area contributed by atoms with E-state index in [4.69, 9.17) is 14.5 Å². The number of hydrogen-bond acceptors (Lipinski definition) is 6. The number of carbonyl (C=O) groups is 2. The number of nitrogens with zero attached hydrogens (tertiary/aromatic N) is 4. The number of ether oxygens (including phenoxy) is 2. The zero-order valence-corrected chi connectivity index (χ0v) is 29.3. The summed E-state index contributed by atoms with van der Waals surface area (Å²) in [6.45, 7) is 12.6. The Morgan fingerprint density at radius 2 is 1.72 bits per heavy atom. The SMILES string of the molecule is COc1ccc(C2CCC(CN(C(=O)C3CCC(NC(=O)OC(C)(C)C)CC3)c3cc(-c4cnn(C(C)C)c4)ccn3)CC2)cc1C. The van der Waals surface area contributed by atoms with Crippen molar-refractivity contribution in [3.8, 4) is 16.9 Å². The van der Waals surface area contributed by atoms with Crippen LogP contribution in [0.15, 0.2) is 48.9 Å². The van der Waals surface area contributed by atoms with Crippen LogP contribution in [-0.4, -0.2) is 52.1 Å². The van der Waals surface area contributed by atoms with Crippen LogP contribution in [0.25, 0.3) is 11.1 Å². The third kappa shape index (κ3) is 8.93. The summed E-state index contributed by atoms with van der Waals surface area (Å²) in [5, 5.41) is 7.54. The van der Waals surface area contributed by atoms with Crippen molar-refractivity contribution in [1.82, 2.24) is 20.1 Å². The van der Waals surface area contributed by atoms with Gasteiger partial charge in [0.2, 0.25) is 5.91 Å². The van der Waals surface area contributed by atoms with Crippen molar-refractivity contribution in [2.45, 2.75) is 117 Å². The number of hydrogen-bond donors (Lipinski definition) is 1. The molecule has 2 saturated carbocycles. The Morgan fingerprint density at radius 3 is 2.34 bits per heavy atom. The molecule has 0 bridgehead atoms. The highest BCUT2D eigenvalue weighted by Crippen LogP contribution is 2.39. The summed E-state index contributed by atoms with van der Waals surface area (Å²) in [4.78, 5) is 33.5. The van der Waals surface area contributed by atoms with E-state index in [9.17, 15) is 9.59 Å². The quantitative estimate of drug-likeness (QED) is 0.252. The van der Waals surface area contributed by atoms with Gasteiger partial charge in [0.15, 0.2) is 0 Å². The second-order valence-electron chi connectivity index (χ2n) is 14.8. The minimum atomic E-state index is -0.542. The van der Waals surface area contributed by atoms with Crippen LogP contribution in [0.4, 0.5) is 10.6 Å². The van der Waals surface area contributed by atoms with Gasteiger partial charge in [-0.1, -0.05) is 12.1 Å². The summed E-state index contributed by atoms with van der Waals surface area (Å²) < 4.78 is 12.9. The second-order valence-corrected chi connectivity index (χ2v) is 14.8. The molecule has 47 heavy (non-hydrogen) atoms. The highest BCUT2D eigenvalue weighted by atomic mass is 16.6. The van der Waals surface area contributed by atoms with Crippen LogP contribution in [-0.2, 0) is 9.53 Å². The first-order valence-electron chi connectivity index (χ1n) is 17.4. The molecule has 1 N–H and O–H groups in total. The summed E-state index contributed by atoms with van der Waals surface area (Å²) >= 11 is 0. The van der Waals surface area contributed by atoms with Gasteiger partial charge in [-0.25, -0.2) is 9.78 Å². The van der Waals surface area contributed by atoms with E-state index < -0.39 is 11.7 Å². The van der Waals surface area contributed by atoms with E-state index in [1.807, 2.05) is 54.9 Å². The molecule has 2 heterocycles. The highest BCUT2D eigenvalue weighted by Gasteiger charge is 2.34. The van der Waals surface area contributed by atoms with E-state index in [2.05, 4.69) is 55.6 Å². The molecule has 0 atom stereocenters. The topological polar surface area (TPSA) is 98.6 Å². The molecule has 3 aromatic rings. The van der Waals surface area contributed by atoms with Crippen LogP contribution < -0.4 is 15.0 Å². The number of benzene rings is 1. The van der Waals surface area contributed by atoms with E-state index in [-0.39, 0.29) is 23.9 Å². The van der Waals surface area contributed by atoms with E-state index in [1.165, 1.54) is 11.1 Å². The molecular weight excluding hydrogens is 590 g/mol. The Morgan fingerprint density at radius 1 is 1.00 bits per heavy atom. The zero-order chi connectivity index (χ0) is 33.7. The van der Waals surface area contributed by atoms with Crippen LogP contribution in [0.3, 0.4) is 0 Å². The largest absolute Gasteiger partial charge is 0.496 e. The number of rotatable bonds is 9. The van der Waals surface area contributed by atoms with E-state index in [1.54, 1.807) is 7.11 Å². The van der Waals surface area contributed by atoms with Crippen LogP contribution in [0, 0.1) is 18.8 Å². The highest BCUT2D eigenvalue weighted by molar-refractivity contribution is 5.94. The molecule has 2 fully saturated rings. The van der Waals surface area contributed by atoms with Crippen LogP contribution in [0.1, 0.15) is 109 Å². The Kier molecular flexibility index (Phi) is 10.9. The lowest BCUT2D eigenvalue weighted by Crippen LogP contribution is -2.45. The van der Waals surface area contributed by atoms with Crippen molar-refractivity contribution in [3.63, 3.8) is 0 Å². The lowest BCUT2D eigenvalue weighted by molar-refractivity contribution is -0.123. The first-order valence-corrected chi connectivity index (χ1v) is 17.4. The molecule has 9 nitrogen and oxygen atoms in total. The zero-order valence-electron chi connectivity index (χ0n) is 29.3. The number of anilines is 1. The summed E-state index contributed by atoms with van der Waals surface area (Å²) in [5.41, 5.74) is 4.02. The fourth-order valence-corrected chi connectivity index (χ4v) is 7.08. The molecule has 5 rings (SSSR count). The Hall–Kier alpha value is -3.88. The van der Waals surface area contributed by atoms with Crippen molar-refractivity contribution in [3.05, 3.63) is 60.0 Å². The van der Waals surface area contributed by atoms with Crippen molar-refractivity contribution >= 4 is 17.8 Å². The van der Waals surface area contributed by atoms with Gasteiger partial charge < -0.3 is 14.8 Å². The average molecular weight is 644 g/mol. The number of aryl methyl sites for hydroxylation is 1. The third-order valence-corrected chi connectivity index (χ3v) is 9.73. The van der Waals surface area contributed by atoms with Crippen LogP contribution in [0.5, 0.6) is 5.75 Å². The fourth-order valence-electron chi connectivity index (χ4n) is 7.08. The average Bonchev–Trinajstić information content (AvgIpc) is 3.54. The Bertz CT molecular complexity index is 1510. The van der Waals surface area contributed by atoms with Gasteiger partial charge in [0.05, 0.1) is 13.3 Å². The Labute approximate surface area is 280 Å². The van der Waals surface area contributed by atoms with Crippen molar-refractivity contribution < 1.29 is 19.1 Å². The number of nitrogens with one attached hydrogen (secondary N) is 1. The predicted octanol–water partition coefficient (Wildman–Crippen LogP) is 8.23. The third-order valence-electron chi connectivity index (χ3n) is 9.73. The molecule has 1 aromatic carbocycles. The van der Waals surface area contributed by atoms with Gasteiger partial charge in [0.1, 0.15) is 17.2 Å². The number of pyridine rings is 1. The number of alkyl carbamates (subject to hydrolysis) is 1. The summed E-state index contributed by atoms with van der Waals surface area (Å²) in [7, 11) is 1.72. The molecule has 0 saturated heterocycles. The molecule has 2 aromatic heterocycles. The molecule has 0 aliphatic heterocycles. The monoisotopic (exact) mass is 643 g/mol. The fraction of sp³-hybridized carbons (Fsp3) is 0.579. The van der Waals surface area contributed by atoms with E-state index in [0.29, 0.717) is 24.2 Å². The number of amides is 2. The van der Waals surface area contributed by atoms with Crippen molar-refractivity contribution in [1.29, 1.82) is 0 Å². The maximum atomic E-state index is 14.4. The van der Waals surface area contributed by atoms with Crippen molar-refractivity contribution in [2.24, 2.45) is 11.8 Å². The standard InChI is InChI=1S/C38H53N5O4/c1-25(2)43-24-32(22-40-43)31-18-19-39-35(21-31)42(36(44)29-12-15-33(16-13-29)41-37(45)47-38(4,5)6)23-27-8-10-28(11-9-27)30-14-17-34(46-7)26(3)20-30/h14,17-22,24-25,27-29,33H,8-13,15-16,23H2,1-7H3,(H,41,45). The smallest absolute Gasteiger partial charge is 0.407 e. The molecule has 2 amide bonds.